The first kappa shape index (κ1) is 25.0. The lowest BCUT2D eigenvalue weighted by molar-refractivity contribution is 0.0119. The molecule has 1 aromatic carbocycles. The first-order chi connectivity index (χ1) is 17.5. The third-order valence-corrected chi connectivity index (χ3v) is 6.37. The molecule has 194 valence electrons. The van der Waals surface area contributed by atoms with Crippen molar-refractivity contribution in [3.63, 3.8) is 0 Å². The molecule has 4 heterocycles. The minimum atomic E-state index is -2.63. The fourth-order valence-corrected chi connectivity index (χ4v) is 4.46. The van der Waals surface area contributed by atoms with Gasteiger partial charge in [0.15, 0.2) is 5.69 Å². The number of likely N-dealkylation sites (tertiary alicyclic amines) is 1. The van der Waals surface area contributed by atoms with Gasteiger partial charge in [-0.15, -0.1) is 0 Å². The lowest BCUT2D eigenvalue weighted by Gasteiger charge is -2.21. The number of aromatic nitrogens is 4. The maximum atomic E-state index is 13.5. The number of nitrogens with zero attached hydrogens (tertiary/aromatic N) is 5. The summed E-state index contributed by atoms with van der Waals surface area (Å²) in [4.78, 5) is 23.2. The summed E-state index contributed by atoms with van der Waals surface area (Å²) in [5.41, 5.74) is 1.83. The molecule has 1 fully saturated rings. The minimum absolute atomic E-state index is 0.0874. The predicted molar refractivity (Wildman–Crippen MR) is 133 cm³/mol. The number of benzene rings is 1. The summed E-state index contributed by atoms with van der Waals surface area (Å²) in [6, 6.07) is 7.01. The second-order valence-electron chi connectivity index (χ2n) is 9.97. The molecule has 5 rings (SSSR count). The second-order valence-corrected chi connectivity index (χ2v) is 9.97. The molecule has 1 aliphatic heterocycles. The highest BCUT2D eigenvalue weighted by Crippen LogP contribution is 2.32. The van der Waals surface area contributed by atoms with Crippen molar-refractivity contribution in [3.8, 4) is 11.5 Å². The number of carbonyl (C=O) groups is 1. The quantitative estimate of drug-likeness (QED) is 0.383. The van der Waals surface area contributed by atoms with Gasteiger partial charge < -0.3 is 14.8 Å². The number of aryl methyl sites for hydroxylation is 1. The number of nitrogens with one attached hydrogen (secondary N) is 1. The molecule has 0 unspecified atom stereocenters. The van der Waals surface area contributed by atoms with E-state index < -0.39 is 17.4 Å². The zero-order valence-electron chi connectivity index (χ0n) is 20.8. The number of fused-ring (bicyclic) bond motifs is 1. The van der Waals surface area contributed by atoms with Crippen molar-refractivity contribution in [3.05, 3.63) is 59.9 Å². The fraction of sp³-hybridized carbons (Fsp3) is 0.385. The van der Waals surface area contributed by atoms with Gasteiger partial charge in [-0.3, -0.25) is 19.4 Å². The van der Waals surface area contributed by atoms with Crippen LogP contribution in [0.25, 0.3) is 22.4 Å². The third-order valence-electron chi connectivity index (χ3n) is 6.37. The van der Waals surface area contributed by atoms with Crippen molar-refractivity contribution in [2.75, 3.05) is 25.0 Å². The lowest BCUT2D eigenvalue weighted by Crippen LogP contribution is -2.28. The van der Waals surface area contributed by atoms with Crippen molar-refractivity contribution in [1.82, 2.24) is 24.6 Å². The number of oxazole rings is 1. The zero-order chi connectivity index (χ0) is 26.4. The first-order valence-electron chi connectivity index (χ1n) is 12.0. The zero-order valence-corrected chi connectivity index (χ0v) is 20.8. The van der Waals surface area contributed by atoms with Crippen molar-refractivity contribution >= 4 is 22.5 Å². The molecule has 1 aliphatic rings. The average Bonchev–Trinajstić information content (AvgIpc) is 3.54. The van der Waals surface area contributed by atoms with E-state index in [4.69, 9.17) is 4.42 Å². The summed E-state index contributed by atoms with van der Waals surface area (Å²) in [7, 11) is 0. The molecule has 0 atom stereocenters. The van der Waals surface area contributed by atoms with Crippen molar-refractivity contribution in [2.45, 2.75) is 45.3 Å². The first-order valence-corrected chi connectivity index (χ1v) is 12.0. The summed E-state index contributed by atoms with van der Waals surface area (Å²) < 4.78 is 34.2. The van der Waals surface area contributed by atoms with Gasteiger partial charge >= 0.3 is 0 Å². The SMILES string of the molecule is Cc1cc(-c2nc(C(=O)Nc3cc4cn(CCN5CCC(F)(F)C5)nc4cc3C(C)(C)O)co2)ccn1. The molecule has 0 aliphatic carbocycles. The molecule has 0 spiro atoms. The van der Waals surface area contributed by atoms with Gasteiger partial charge in [-0.05, 0) is 45.0 Å². The number of anilines is 1. The Hall–Kier alpha value is -3.70. The number of halogens is 2. The monoisotopic (exact) mass is 510 g/mol. The van der Waals surface area contributed by atoms with Crippen LogP contribution in [0.3, 0.4) is 0 Å². The van der Waals surface area contributed by atoms with E-state index in [-0.39, 0.29) is 18.7 Å². The Morgan fingerprint density at radius 3 is 2.78 bits per heavy atom. The summed E-state index contributed by atoms with van der Waals surface area (Å²) in [5, 5.41) is 18.9. The Morgan fingerprint density at radius 1 is 1.27 bits per heavy atom. The number of hydrogen-bond donors (Lipinski definition) is 2. The Kier molecular flexibility index (Phi) is 6.28. The summed E-state index contributed by atoms with van der Waals surface area (Å²) in [6.45, 7) is 6.11. The highest BCUT2D eigenvalue weighted by Gasteiger charge is 2.37. The van der Waals surface area contributed by atoms with E-state index in [1.807, 2.05) is 6.92 Å². The summed E-state index contributed by atoms with van der Waals surface area (Å²) >= 11 is 0. The summed E-state index contributed by atoms with van der Waals surface area (Å²) in [5.74, 6) is -2.83. The maximum absolute atomic E-state index is 13.5. The van der Waals surface area contributed by atoms with Crippen LogP contribution >= 0.6 is 0 Å². The van der Waals surface area contributed by atoms with Crippen LogP contribution in [0.4, 0.5) is 14.5 Å². The molecule has 2 N–H and O–H groups in total. The van der Waals surface area contributed by atoms with Gasteiger partial charge in [-0.25, -0.2) is 13.8 Å². The number of alkyl halides is 2. The van der Waals surface area contributed by atoms with Gasteiger partial charge in [0.2, 0.25) is 5.89 Å². The number of aliphatic hydroxyl groups is 1. The van der Waals surface area contributed by atoms with Crippen LogP contribution < -0.4 is 5.32 Å². The maximum Gasteiger partial charge on any atom is 0.277 e. The fourth-order valence-electron chi connectivity index (χ4n) is 4.46. The Labute approximate surface area is 212 Å². The van der Waals surface area contributed by atoms with Crippen LogP contribution in [0.1, 0.15) is 42.0 Å². The van der Waals surface area contributed by atoms with E-state index in [2.05, 4.69) is 20.4 Å². The Morgan fingerprint density at radius 2 is 2.08 bits per heavy atom. The standard InChI is InChI=1S/C26H28F2N6O3/c1-16-10-17(4-6-29-16)24-31-22(14-37-24)23(35)30-21-11-18-13-34(9-8-33-7-5-26(27,28)15-33)32-20(18)12-19(21)25(2,3)36/h4,6,10-14,36H,5,7-9,15H2,1-3H3,(H,30,35). The third kappa shape index (κ3) is 5.52. The van der Waals surface area contributed by atoms with Gasteiger partial charge in [0.25, 0.3) is 11.8 Å². The number of rotatable bonds is 7. The van der Waals surface area contributed by atoms with Crippen LogP contribution in [0.2, 0.25) is 0 Å². The number of carbonyl (C=O) groups excluding carboxylic acids is 1. The van der Waals surface area contributed by atoms with Crippen LogP contribution in [0.5, 0.6) is 0 Å². The topological polar surface area (TPSA) is 109 Å². The largest absolute Gasteiger partial charge is 0.444 e. The normalized spacial score (nSPS) is 15.9. The molecular weight excluding hydrogens is 482 g/mol. The molecule has 1 saturated heterocycles. The van der Waals surface area contributed by atoms with Crippen molar-refractivity contribution in [2.24, 2.45) is 0 Å². The molecule has 0 bridgehead atoms. The highest BCUT2D eigenvalue weighted by atomic mass is 19.3. The van der Waals surface area contributed by atoms with E-state index in [0.29, 0.717) is 47.9 Å². The summed E-state index contributed by atoms with van der Waals surface area (Å²) in [6.07, 6.45) is 4.59. The molecule has 9 nitrogen and oxygen atoms in total. The number of amides is 1. The Bertz CT molecular complexity index is 1460. The van der Waals surface area contributed by atoms with Crippen molar-refractivity contribution < 1.29 is 23.1 Å². The van der Waals surface area contributed by atoms with E-state index in [0.717, 1.165) is 11.1 Å². The number of pyridine rings is 1. The molecular formula is C26H28F2N6O3. The molecule has 0 saturated carbocycles. The van der Waals surface area contributed by atoms with Crippen LogP contribution in [0.15, 0.2) is 47.3 Å². The molecule has 37 heavy (non-hydrogen) atoms. The van der Waals surface area contributed by atoms with E-state index in [1.165, 1.54) is 6.26 Å². The van der Waals surface area contributed by atoms with Gasteiger partial charge in [-0.2, -0.15) is 5.10 Å². The second kappa shape index (κ2) is 9.31. The van der Waals surface area contributed by atoms with Gasteiger partial charge in [0, 0.05) is 59.8 Å². The van der Waals surface area contributed by atoms with Gasteiger partial charge in [-0.1, -0.05) is 0 Å². The Balaban J connectivity index is 1.37. The predicted octanol–water partition coefficient (Wildman–Crippen LogP) is 4.22. The average molecular weight is 511 g/mol. The van der Waals surface area contributed by atoms with Crippen LogP contribution in [-0.4, -0.2) is 61.2 Å². The lowest BCUT2D eigenvalue weighted by atomic mass is 9.95. The highest BCUT2D eigenvalue weighted by molar-refractivity contribution is 6.04. The van der Waals surface area contributed by atoms with Gasteiger partial charge in [0.05, 0.1) is 24.2 Å². The molecule has 11 heteroatoms. The van der Waals surface area contributed by atoms with E-state index >= 15 is 0 Å². The van der Waals surface area contributed by atoms with E-state index in [9.17, 15) is 18.7 Å². The minimum Gasteiger partial charge on any atom is -0.444 e. The molecule has 1 amide bonds. The molecule has 3 aromatic heterocycles. The molecule has 4 aromatic rings. The van der Waals surface area contributed by atoms with E-state index in [1.54, 1.807) is 60.1 Å². The smallest absolute Gasteiger partial charge is 0.277 e. The molecule has 0 radical (unpaired) electrons. The van der Waals surface area contributed by atoms with Crippen LogP contribution in [-0.2, 0) is 12.1 Å². The van der Waals surface area contributed by atoms with Gasteiger partial charge in [0.1, 0.15) is 6.26 Å². The van der Waals surface area contributed by atoms with Crippen LogP contribution in [0, 0.1) is 6.92 Å². The van der Waals surface area contributed by atoms with Crippen molar-refractivity contribution in [1.29, 1.82) is 0 Å². The number of hydrogen-bond acceptors (Lipinski definition) is 7.